The fourth-order valence-corrected chi connectivity index (χ4v) is 1.65. The van der Waals surface area contributed by atoms with Crippen LogP contribution < -0.4 is 9.47 Å². The van der Waals surface area contributed by atoms with E-state index in [2.05, 4.69) is 0 Å². The van der Waals surface area contributed by atoms with E-state index in [0.29, 0.717) is 24.7 Å². The molecular formula is C15H24O4. The predicted molar refractivity (Wildman–Crippen MR) is 74.8 cm³/mol. The highest BCUT2D eigenvalue weighted by molar-refractivity contribution is 5.43. The van der Waals surface area contributed by atoms with Gasteiger partial charge >= 0.3 is 0 Å². The summed E-state index contributed by atoms with van der Waals surface area (Å²) in [4.78, 5) is 0. The highest BCUT2D eigenvalue weighted by atomic mass is 16.5. The molecule has 0 amide bonds. The molecule has 0 radical (unpaired) electrons. The maximum absolute atomic E-state index is 10.1. The highest BCUT2D eigenvalue weighted by Gasteiger charge is 2.13. The van der Waals surface area contributed by atoms with Crippen LogP contribution in [0.15, 0.2) is 18.2 Å². The van der Waals surface area contributed by atoms with Crippen LogP contribution in [0.1, 0.15) is 39.4 Å². The second-order valence-electron chi connectivity index (χ2n) is 4.47. The number of aliphatic hydroxyl groups excluding tert-OH is 1. The quantitative estimate of drug-likeness (QED) is 0.787. The van der Waals surface area contributed by atoms with E-state index in [4.69, 9.17) is 14.2 Å². The molecule has 1 aromatic carbocycles. The lowest BCUT2D eigenvalue weighted by molar-refractivity contribution is 0.00483. The van der Waals surface area contributed by atoms with Gasteiger partial charge in [-0.15, -0.1) is 0 Å². The van der Waals surface area contributed by atoms with E-state index in [1.807, 2.05) is 45.9 Å². The molecule has 1 N–H and O–H groups in total. The Morgan fingerprint density at radius 3 is 2.26 bits per heavy atom. The zero-order valence-corrected chi connectivity index (χ0v) is 12.2. The van der Waals surface area contributed by atoms with Crippen molar-refractivity contribution in [1.29, 1.82) is 0 Å². The summed E-state index contributed by atoms with van der Waals surface area (Å²) >= 11 is 0. The van der Waals surface area contributed by atoms with Crippen LogP contribution in [-0.4, -0.2) is 31.0 Å². The Hall–Kier alpha value is -1.26. The number of benzene rings is 1. The van der Waals surface area contributed by atoms with E-state index in [9.17, 15) is 5.11 Å². The van der Waals surface area contributed by atoms with Crippen molar-refractivity contribution in [2.75, 3.05) is 19.8 Å². The second-order valence-corrected chi connectivity index (χ2v) is 4.47. The molecule has 1 rings (SSSR count). The Balaban J connectivity index is 2.81. The van der Waals surface area contributed by atoms with Crippen molar-refractivity contribution in [1.82, 2.24) is 0 Å². The molecule has 0 saturated heterocycles. The molecule has 0 fully saturated rings. The van der Waals surface area contributed by atoms with Gasteiger partial charge in [-0.1, -0.05) is 6.07 Å². The largest absolute Gasteiger partial charge is 0.490 e. The molecule has 0 spiro atoms. The molecule has 4 heteroatoms. The lowest BCUT2D eigenvalue weighted by Crippen LogP contribution is -2.12. The first-order valence-electron chi connectivity index (χ1n) is 6.77. The predicted octanol–water partition coefficient (Wildman–Crippen LogP) is 2.94. The summed E-state index contributed by atoms with van der Waals surface area (Å²) in [6.07, 6.45) is -0.555. The van der Waals surface area contributed by atoms with Crippen LogP contribution in [0.4, 0.5) is 0 Å². The van der Waals surface area contributed by atoms with Gasteiger partial charge in [0, 0.05) is 0 Å². The standard InChI is InChI=1S/C15H24O4/c1-5-17-14-8-7-12(9-15(14)18-6-2)13(16)10-19-11(3)4/h7-9,11,13,16H,5-6,10H2,1-4H3. The Morgan fingerprint density at radius 2 is 1.68 bits per heavy atom. The van der Waals surface area contributed by atoms with Gasteiger partial charge in [0.25, 0.3) is 0 Å². The van der Waals surface area contributed by atoms with Crippen molar-refractivity contribution >= 4 is 0 Å². The number of hydrogen-bond acceptors (Lipinski definition) is 4. The van der Waals surface area contributed by atoms with Crippen LogP contribution in [0.3, 0.4) is 0 Å². The summed E-state index contributed by atoms with van der Waals surface area (Å²) < 4.78 is 16.4. The van der Waals surface area contributed by atoms with Gasteiger partial charge in [0.1, 0.15) is 6.10 Å². The normalized spacial score (nSPS) is 12.5. The van der Waals surface area contributed by atoms with E-state index in [1.54, 1.807) is 0 Å². The molecule has 0 aromatic heterocycles. The van der Waals surface area contributed by atoms with Crippen molar-refractivity contribution in [3.8, 4) is 11.5 Å². The molecule has 0 aliphatic rings. The van der Waals surface area contributed by atoms with Crippen LogP contribution in [0.5, 0.6) is 11.5 Å². The molecule has 0 saturated carbocycles. The smallest absolute Gasteiger partial charge is 0.161 e. The number of rotatable bonds is 8. The van der Waals surface area contributed by atoms with Gasteiger partial charge in [-0.3, -0.25) is 0 Å². The SMILES string of the molecule is CCOc1ccc(C(O)COC(C)C)cc1OCC. The molecule has 1 aromatic rings. The summed E-state index contributed by atoms with van der Waals surface area (Å²) in [5.74, 6) is 1.36. The minimum absolute atomic E-state index is 0.101. The first-order valence-corrected chi connectivity index (χ1v) is 6.77. The first-order chi connectivity index (χ1) is 9.08. The van der Waals surface area contributed by atoms with Crippen LogP contribution in [0.25, 0.3) is 0 Å². The van der Waals surface area contributed by atoms with Crippen molar-refractivity contribution in [3.05, 3.63) is 23.8 Å². The molecule has 0 bridgehead atoms. The maximum Gasteiger partial charge on any atom is 0.161 e. The Bertz CT molecular complexity index is 376. The third-order valence-electron chi connectivity index (χ3n) is 2.54. The topological polar surface area (TPSA) is 47.9 Å². The lowest BCUT2D eigenvalue weighted by Gasteiger charge is -2.16. The van der Waals surface area contributed by atoms with Crippen molar-refractivity contribution in [2.24, 2.45) is 0 Å². The van der Waals surface area contributed by atoms with Gasteiger partial charge in [0.05, 0.1) is 25.9 Å². The molecular weight excluding hydrogens is 244 g/mol. The number of ether oxygens (including phenoxy) is 3. The molecule has 0 aliphatic heterocycles. The van der Waals surface area contributed by atoms with Crippen LogP contribution in [0.2, 0.25) is 0 Å². The summed E-state index contributed by atoms with van der Waals surface area (Å²) in [5.41, 5.74) is 0.771. The third-order valence-corrected chi connectivity index (χ3v) is 2.54. The first kappa shape index (κ1) is 15.8. The van der Waals surface area contributed by atoms with E-state index < -0.39 is 6.10 Å². The Morgan fingerprint density at radius 1 is 1.05 bits per heavy atom. The number of aliphatic hydroxyl groups is 1. The molecule has 108 valence electrons. The van der Waals surface area contributed by atoms with Crippen molar-refractivity contribution < 1.29 is 19.3 Å². The highest BCUT2D eigenvalue weighted by Crippen LogP contribution is 2.30. The zero-order chi connectivity index (χ0) is 14.3. The van der Waals surface area contributed by atoms with E-state index in [-0.39, 0.29) is 12.7 Å². The van der Waals surface area contributed by atoms with E-state index in [0.717, 1.165) is 5.56 Å². The molecule has 0 aliphatic carbocycles. The molecule has 19 heavy (non-hydrogen) atoms. The lowest BCUT2D eigenvalue weighted by atomic mass is 10.1. The summed E-state index contributed by atoms with van der Waals surface area (Å²) in [6.45, 7) is 9.14. The van der Waals surface area contributed by atoms with E-state index >= 15 is 0 Å². The van der Waals surface area contributed by atoms with Gasteiger partial charge in [-0.05, 0) is 45.4 Å². The minimum Gasteiger partial charge on any atom is -0.490 e. The summed E-state index contributed by atoms with van der Waals surface area (Å²) in [7, 11) is 0. The molecule has 4 nitrogen and oxygen atoms in total. The third kappa shape index (κ3) is 5.09. The fraction of sp³-hybridized carbons (Fsp3) is 0.600. The van der Waals surface area contributed by atoms with Gasteiger partial charge in [0.2, 0.25) is 0 Å². The summed E-state index contributed by atoms with van der Waals surface area (Å²) in [6, 6.07) is 5.47. The number of hydrogen-bond donors (Lipinski definition) is 1. The average Bonchev–Trinajstić information content (AvgIpc) is 2.38. The monoisotopic (exact) mass is 268 g/mol. The molecule has 1 unspecified atom stereocenters. The minimum atomic E-state index is -0.655. The fourth-order valence-electron chi connectivity index (χ4n) is 1.65. The zero-order valence-electron chi connectivity index (χ0n) is 12.2. The van der Waals surface area contributed by atoms with Gasteiger partial charge in [-0.2, -0.15) is 0 Å². The van der Waals surface area contributed by atoms with Gasteiger partial charge in [-0.25, -0.2) is 0 Å². The van der Waals surface area contributed by atoms with Gasteiger partial charge < -0.3 is 19.3 Å². The Labute approximate surface area is 115 Å². The van der Waals surface area contributed by atoms with E-state index in [1.165, 1.54) is 0 Å². The maximum atomic E-state index is 10.1. The average molecular weight is 268 g/mol. The second kappa shape index (κ2) is 8.02. The summed E-state index contributed by atoms with van der Waals surface area (Å²) in [5, 5.41) is 10.1. The molecule has 0 heterocycles. The van der Waals surface area contributed by atoms with Crippen LogP contribution in [-0.2, 0) is 4.74 Å². The Kier molecular flexibility index (Phi) is 6.67. The van der Waals surface area contributed by atoms with Crippen molar-refractivity contribution in [2.45, 2.75) is 39.9 Å². The molecule has 1 atom stereocenters. The van der Waals surface area contributed by atoms with Gasteiger partial charge in [0.15, 0.2) is 11.5 Å². The van der Waals surface area contributed by atoms with Crippen LogP contribution >= 0.6 is 0 Å². The van der Waals surface area contributed by atoms with Crippen LogP contribution in [0, 0.1) is 0 Å². The van der Waals surface area contributed by atoms with Crippen molar-refractivity contribution in [3.63, 3.8) is 0 Å².